The first kappa shape index (κ1) is 17.3. The lowest BCUT2D eigenvalue weighted by molar-refractivity contribution is 0.0944. The summed E-state index contributed by atoms with van der Waals surface area (Å²) in [7, 11) is 0. The van der Waals surface area contributed by atoms with Gasteiger partial charge in [-0.15, -0.1) is 10.2 Å². The van der Waals surface area contributed by atoms with Gasteiger partial charge in [0.25, 0.3) is 5.91 Å². The molecule has 1 amide bonds. The second-order valence-electron chi connectivity index (χ2n) is 5.97. The molecule has 1 saturated heterocycles. The minimum atomic E-state index is -0.363. The van der Waals surface area contributed by atoms with E-state index in [4.69, 9.17) is 0 Å². The van der Waals surface area contributed by atoms with E-state index in [-0.39, 0.29) is 24.0 Å². The van der Waals surface area contributed by atoms with E-state index in [2.05, 4.69) is 32.2 Å². The number of nitrogens with one attached hydrogen (secondary N) is 1. The molecule has 0 radical (unpaired) electrons. The minimum Gasteiger partial charge on any atom is -0.353 e. The Hall–Kier alpha value is -2.54. The number of carbonyl (C=O) groups excluding carboxylic acids is 1. The first-order valence-electron chi connectivity index (χ1n) is 8.50. The maximum absolute atomic E-state index is 13.6. The Labute approximate surface area is 146 Å². The molecule has 1 aliphatic rings. The number of carbonyl (C=O) groups is 1. The van der Waals surface area contributed by atoms with Crippen LogP contribution in [0, 0.1) is 5.82 Å². The van der Waals surface area contributed by atoms with Crippen molar-refractivity contribution in [2.45, 2.75) is 13.5 Å². The van der Waals surface area contributed by atoms with Crippen molar-refractivity contribution in [3.63, 3.8) is 0 Å². The fourth-order valence-corrected chi connectivity index (χ4v) is 2.82. The molecule has 0 spiro atoms. The van der Waals surface area contributed by atoms with Crippen LogP contribution in [0.4, 0.5) is 10.2 Å². The average Bonchev–Trinajstić information content (AvgIpc) is 2.67. The standard InChI is InChI=1S/C18H22FN5O/c1-2-23-9-11-24(12-10-23)17-8-7-16(21-22-17)18(25)20-13-14-5-3-4-6-15(14)19/h3-8H,2,9-13H2,1H3,(H,20,25). The van der Waals surface area contributed by atoms with Crippen molar-refractivity contribution >= 4 is 11.7 Å². The Morgan fingerprint density at radius 1 is 1.12 bits per heavy atom. The molecule has 1 fully saturated rings. The van der Waals surface area contributed by atoms with E-state index < -0.39 is 0 Å². The predicted molar refractivity (Wildman–Crippen MR) is 93.9 cm³/mol. The van der Waals surface area contributed by atoms with Crippen LogP contribution < -0.4 is 10.2 Å². The lowest BCUT2D eigenvalue weighted by Gasteiger charge is -2.34. The summed E-state index contributed by atoms with van der Waals surface area (Å²) in [6.45, 7) is 7.15. The molecule has 0 atom stereocenters. The second-order valence-corrected chi connectivity index (χ2v) is 5.97. The van der Waals surface area contributed by atoms with Gasteiger partial charge in [-0.2, -0.15) is 0 Å². The van der Waals surface area contributed by atoms with Crippen LogP contribution in [0.1, 0.15) is 23.0 Å². The van der Waals surface area contributed by atoms with E-state index in [1.165, 1.54) is 6.07 Å². The number of amides is 1. The van der Waals surface area contributed by atoms with Crippen LogP contribution in [0.15, 0.2) is 36.4 Å². The minimum absolute atomic E-state index is 0.119. The third kappa shape index (κ3) is 4.30. The maximum Gasteiger partial charge on any atom is 0.272 e. The van der Waals surface area contributed by atoms with Gasteiger partial charge in [-0.25, -0.2) is 4.39 Å². The van der Waals surface area contributed by atoms with E-state index in [1.807, 2.05) is 6.07 Å². The highest BCUT2D eigenvalue weighted by atomic mass is 19.1. The van der Waals surface area contributed by atoms with Gasteiger partial charge in [-0.05, 0) is 24.7 Å². The number of likely N-dealkylation sites (N-methyl/N-ethyl adjacent to an activating group) is 1. The fourth-order valence-electron chi connectivity index (χ4n) is 2.82. The molecule has 1 aliphatic heterocycles. The lowest BCUT2D eigenvalue weighted by Crippen LogP contribution is -2.46. The zero-order chi connectivity index (χ0) is 17.6. The Kier molecular flexibility index (Phi) is 5.55. The highest BCUT2D eigenvalue weighted by Crippen LogP contribution is 2.13. The van der Waals surface area contributed by atoms with Gasteiger partial charge < -0.3 is 15.1 Å². The van der Waals surface area contributed by atoms with Gasteiger partial charge in [0.05, 0.1) is 0 Å². The number of hydrogen-bond acceptors (Lipinski definition) is 5. The molecule has 25 heavy (non-hydrogen) atoms. The zero-order valence-corrected chi connectivity index (χ0v) is 14.3. The molecule has 6 nitrogen and oxygen atoms in total. The van der Waals surface area contributed by atoms with Crippen molar-refractivity contribution in [3.8, 4) is 0 Å². The molecular formula is C18H22FN5O. The van der Waals surface area contributed by atoms with Gasteiger partial charge in [0.1, 0.15) is 5.82 Å². The molecule has 2 heterocycles. The molecule has 0 saturated carbocycles. The van der Waals surface area contributed by atoms with Gasteiger partial charge in [0.2, 0.25) is 0 Å². The van der Waals surface area contributed by atoms with E-state index in [0.29, 0.717) is 5.56 Å². The quantitative estimate of drug-likeness (QED) is 0.895. The number of rotatable bonds is 5. The van der Waals surface area contributed by atoms with Crippen LogP contribution in [-0.2, 0) is 6.54 Å². The van der Waals surface area contributed by atoms with Crippen LogP contribution in [-0.4, -0.2) is 53.7 Å². The van der Waals surface area contributed by atoms with Crippen molar-refractivity contribution < 1.29 is 9.18 Å². The fraction of sp³-hybridized carbons (Fsp3) is 0.389. The van der Waals surface area contributed by atoms with E-state index in [1.54, 1.807) is 24.3 Å². The van der Waals surface area contributed by atoms with Gasteiger partial charge in [-0.3, -0.25) is 4.79 Å². The largest absolute Gasteiger partial charge is 0.353 e. The van der Waals surface area contributed by atoms with E-state index in [0.717, 1.165) is 38.5 Å². The number of halogens is 1. The molecule has 2 aromatic rings. The van der Waals surface area contributed by atoms with Gasteiger partial charge in [-0.1, -0.05) is 25.1 Å². The zero-order valence-electron chi connectivity index (χ0n) is 14.3. The summed E-state index contributed by atoms with van der Waals surface area (Å²) < 4.78 is 13.6. The maximum atomic E-state index is 13.6. The van der Waals surface area contributed by atoms with E-state index >= 15 is 0 Å². The Morgan fingerprint density at radius 2 is 1.88 bits per heavy atom. The Morgan fingerprint density at radius 3 is 2.52 bits per heavy atom. The summed E-state index contributed by atoms with van der Waals surface area (Å²) in [6, 6.07) is 9.83. The van der Waals surface area contributed by atoms with Gasteiger partial charge in [0.15, 0.2) is 11.5 Å². The number of nitrogens with zero attached hydrogens (tertiary/aromatic N) is 4. The third-order valence-electron chi connectivity index (χ3n) is 4.42. The highest BCUT2D eigenvalue weighted by molar-refractivity contribution is 5.92. The molecule has 132 valence electrons. The first-order valence-corrected chi connectivity index (χ1v) is 8.50. The SMILES string of the molecule is CCN1CCN(c2ccc(C(=O)NCc3ccccc3F)nn2)CC1. The molecule has 1 aromatic carbocycles. The topological polar surface area (TPSA) is 61.4 Å². The number of piperazine rings is 1. The van der Waals surface area contributed by atoms with Gasteiger partial charge in [0, 0.05) is 38.3 Å². The summed E-state index contributed by atoms with van der Waals surface area (Å²) in [5, 5.41) is 10.9. The highest BCUT2D eigenvalue weighted by Gasteiger charge is 2.17. The molecular weight excluding hydrogens is 321 g/mol. The van der Waals surface area contributed by atoms with Crippen LogP contribution >= 0.6 is 0 Å². The summed E-state index contributed by atoms with van der Waals surface area (Å²) in [5.74, 6) is 0.0787. The summed E-state index contributed by atoms with van der Waals surface area (Å²) in [6.07, 6.45) is 0. The molecule has 0 aliphatic carbocycles. The normalized spacial score (nSPS) is 15.2. The van der Waals surface area contributed by atoms with E-state index in [9.17, 15) is 9.18 Å². The Balaban J connectivity index is 1.56. The average molecular weight is 343 g/mol. The third-order valence-corrected chi connectivity index (χ3v) is 4.42. The molecule has 1 N–H and O–H groups in total. The van der Waals surface area contributed by atoms with Crippen molar-refractivity contribution in [2.75, 3.05) is 37.6 Å². The van der Waals surface area contributed by atoms with Gasteiger partial charge >= 0.3 is 0 Å². The van der Waals surface area contributed by atoms with Crippen molar-refractivity contribution in [1.82, 2.24) is 20.4 Å². The van der Waals surface area contributed by atoms with Crippen molar-refractivity contribution in [2.24, 2.45) is 0 Å². The molecule has 3 rings (SSSR count). The Bertz CT molecular complexity index is 714. The second kappa shape index (κ2) is 8.02. The van der Waals surface area contributed by atoms with Crippen molar-refractivity contribution in [1.29, 1.82) is 0 Å². The molecule has 0 bridgehead atoms. The van der Waals surface area contributed by atoms with Crippen LogP contribution in [0.25, 0.3) is 0 Å². The smallest absolute Gasteiger partial charge is 0.272 e. The van der Waals surface area contributed by atoms with Crippen LogP contribution in [0.5, 0.6) is 0 Å². The number of benzene rings is 1. The summed E-state index contributed by atoms with van der Waals surface area (Å²) in [4.78, 5) is 16.7. The van der Waals surface area contributed by atoms with Crippen LogP contribution in [0.2, 0.25) is 0 Å². The number of aromatic nitrogens is 2. The van der Waals surface area contributed by atoms with Crippen molar-refractivity contribution in [3.05, 3.63) is 53.5 Å². The lowest BCUT2D eigenvalue weighted by atomic mass is 10.2. The summed E-state index contributed by atoms with van der Waals surface area (Å²) >= 11 is 0. The monoisotopic (exact) mass is 343 g/mol. The van der Waals surface area contributed by atoms with Crippen LogP contribution in [0.3, 0.4) is 0 Å². The predicted octanol–water partition coefficient (Wildman–Crippen LogP) is 1.69. The molecule has 1 aromatic heterocycles. The summed E-state index contributed by atoms with van der Waals surface area (Å²) in [5.41, 5.74) is 0.668. The first-order chi connectivity index (χ1) is 12.2. The molecule has 7 heteroatoms. The number of hydrogen-bond donors (Lipinski definition) is 1. The number of anilines is 1. The molecule has 0 unspecified atom stereocenters.